The smallest absolute Gasteiger partial charge is 0.325 e. The van der Waals surface area contributed by atoms with Gasteiger partial charge in [-0.05, 0) is 43.3 Å². The van der Waals surface area contributed by atoms with Crippen molar-refractivity contribution in [2.45, 2.75) is 12.5 Å². The highest BCUT2D eigenvalue weighted by atomic mass is 35.5. The molecule has 29 heavy (non-hydrogen) atoms. The van der Waals surface area contributed by atoms with Gasteiger partial charge in [-0.2, -0.15) is 0 Å². The summed E-state index contributed by atoms with van der Waals surface area (Å²) < 4.78 is 0. The molecule has 1 saturated heterocycles. The second-order valence-corrected chi connectivity index (χ2v) is 7.90. The van der Waals surface area contributed by atoms with Gasteiger partial charge in [0.05, 0.1) is 0 Å². The number of urea groups is 1. The zero-order chi connectivity index (χ0) is 21.3. The molecule has 2 aromatic rings. The Morgan fingerprint density at radius 3 is 2.38 bits per heavy atom. The van der Waals surface area contributed by atoms with Crippen molar-refractivity contribution in [2.75, 3.05) is 30.9 Å². The van der Waals surface area contributed by atoms with Crippen molar-refractivity contribution in [3.8, 4) is 0 Å². The molecule has 7 nitrogen and oxygen atoms in total. The largest absolute Gasteiger partial charge is 0.378 e. The Hall–Kier alpha value is -2.77. The molecular formula is C20H20Cl2N4O3. The first kappa shape index (κ1) is 21.0. The average Bonchev–Trinajstić information content (AvgIpc) is 2.85. The van der Waals surface area contributed by atoms with E-state index in [-0.39, 0.29) is 5.02 Å². The van der Waals surface area contributed by atoms with Gasteiger partial charge in [-0.3, -0.25) is 14.5 Å². The van der Waals surface area contributed by atoms with E-state index >= 15 is 0 Å². The van der Waals surface area contributed by atoms with E-state index in [0.717, 1.165) is 10.6 Å². The second-order valence-electron chi connectivity index (χ2n) is 7.06. The highest BCUT2D eigenvalue weighted by Gasteiger charge is 2.50. The molecule has 152 valence electrons. The number of hydrogen-bond donors (Lipinski definition) is 2. The third-order valence-electron chi connectivity index (χ3n) is 4.71. The van der Waals surface area contributed by atoms with Gasteiger partial charge in [0.1, 0.15) is 12.1 Å². The summed E-state index contributed by atoms with van der Waals surface area (Å²) in [5.74, 6) is -1.05. The van der Waals surface area contributed by atoms with E-state index in [1.807, 2.05) is 31.1 Å². The van der Waals surface area contributed by atoms with Crippen LogP contribution in [0.3, 0.4) is 0 Å². The van der Waals surface area contributed by atoms with Gasteiger partial charge < -0.3 is 15.5 Å². The number of nitrogens with one attached hydrogen (secondary N) is 2. The Kier molecular flexibility index (Phi) is 5.73. The van der Waals surface area contributed by atoms with Crippen molar-refractivity contribution in [2.24, 2.45) is 0 Å². The van der Waals surface area contributed by atoms with E-state index in [4.69, 9.17) is 23.2 Å². The lowest BCUT2D eigenvalue weighted by molar-refractivity contribution is -0.133. The molecule has 0 aromatic heterocycles. The monoisotopic (exact) mass is 434 g/mol. The van der Waals surface area contributed by atoms with Crippen LogP contribution >= 0.6 is 23.2 Å². The number of halogens is 2. The van der Waals surface area contributed by atoms with Crippen LogP contribution in [0.15, 0.2) is 42.5 Å². The summed E-state index contributed by atoms with van der Waals surface area (Å²) in [7, 11) is 3.82. The van der Waals surface area contributed by atoms with Crippen molar-refractivity contribution in [1.82, 2.24) is 10.2 Å². The fourth-order valence-electron chi connectivity index (χ4n) is 3.11. The van der Waals surface area contributed by atoms with E-state index in [2.05, 4.69) is 10.6 Å². The molecule has 2 N–H and O–H groups in total. The maximum atomic E-state index is 12.9. The van der Waals surface area contributed by atoms with Crippen LogP contribution in [0.4, 0.5) is 16.2 Å². The van der Waals surface area contributed by atoms with E-state index in [1.54, 1.807) is 31.2 Å². The first-order valence-corrected chi connectivity index (χ1v) is 9.54. The van der Waals surface area contributed by atoms with E-state index in [0.29, 0.717) is 16.3 Å². The van der Waals surface area contributed by atoms with Crippen LogP contribution in [0.2, 0.25) is 10.0 Å². The van der Waals surface area contributed by atoms with Crippen LogP contribution < -0.4 is 15.5 Å². The van der Waals surface area contributed by atoms with E-state index in [9.17, 15) is 14.4 Å². The number of amides is 4. The third kappa shape index (κ3) is 4.16. The minimum absolute atomic E-state index is 0.251. The molecule has 1 heterocycles. The van der Waals surface area contributed by atoms with E-state index in [1.165, 1.54) is 6.07 Å². The Labute approximate surface area is 178 Å². The normalized spacial score (nSPS) is 18.6. The topological polar surface area (TPSA) is 81.8 Å². The van der Waals surface area contributed by atoms with Crippen LogP contribution in [-0.2, 0) is 15.1 Å². The lowest BCUT2D eigenvalue weighted by Gasteiger charge is -2.23. The number of imide groups is 1. The van der Waals surface area contributed by atoms with Crippen molar-refractivity contribution < 1.29 is 14.4 Å². The molecule has 0 saturated carbocycles. The SMILES string of the molecule is CN(C)c1ccc(NC(=O)CN2C(=O)NC(C)(c3ccc(Cl)cc3Cl)C2=O)cc1. The quantitative estimate of drug-likeness (QED) is 0.705. The number of carbonyl (C=O) groups excluding carboxylic acids is 3. The van der Waals surface area contributed by atoms with E-state index < -0.39 is 29.9 Å². The predicted molar refractivity (Wildman–Crippen MR) is 113 cm³/mol. The molecule has 1 aliphatic heterocycles. The summed E-state index contributed by atoms with van der Waals surface area (Å²) in [5.41, 5.74) is 0.569. The zero-order valence-corrected chi connectivity index (χ0v) is 17.6. The molecule has 1 aliphatic rings. The third-order valence-corrected chi connectivity index (χ3v) is 5.26. The molecule has 4 amide bonds. The minimum atomic E-state index is -1.38. The summed E-state index contributed by atoms with van der Waals surface area (Å²) in [5, 5.41) is 5.97. The molecule has 0 radical (unpaired) electrons. The van der Waals surface area contributed by atoms with Gasteiger partial charge in [-0.25, -0.2) is 4.79 Å². The van der Waals surface area contributed by atoms with Gasteiger partial charge in [0.15, 0.2) is 0 Å². The van der Waals surface area contributed by atoms with Crippen molar-refractivity contribution in [3.63, 3.8) is 0 Å². The zero-order valence-electron chi connectivity index (χ0n) is 16.1. The number of carbonyl (C=O) groups is 3. The summed E-state index contributed by atoms with van der Waals surface area (Å²) in [6, 6.07) is 11.2. The van der Waals surface area contributed by atoms with Crippen molar-refractivity contribution in [3.05, 3.63) is 58.1 Å². The van der Waals surface area contributed by atoms with Crippen LogP contribution in [0.1, 0.15) is 12.5 Å². The maximum Gasteiger partial charge on any atom is 0.325 e. The van der Waals surface area contributed by atoms with Crippen LogP contribution in [-0.4, -0.2) is 43.4 Å². The second kappa shape index (κ2) is 7.93. The molecule has 0 spiro atoms. The Bertz CT molecular complexity index is 978. The fourth-order valence-corrected chi connectivity index (χ4v) is 3.70. The number of hydrogen-bond acceptors (Lipinski definition) is 4. The van der Waals surface area contributed by atoms with Gasteiger partial charge in [0.25, 0.3) is 5.91 Å². The van der Waals surface area contributed by atoms with Crippen molar-refractivity contribution in [1.29, 1.82) is 0 Å². The fraction of sp³-hybridized carbons (Fsp3) is 0.250. The highest BCUT2D eigenvalue weighted by Crippen LogP contribution is 2.34. The first-order valence-electron chi connectivity index (χ1n) is 8.78. The average molecular weight is 435 g/mol. The standard InChI is InChI=1S/C20H20Cl2N4O3/c1-20(15-9-4-12(21)10-16(15)22)18(28)26(19(29)24-20)11-17(27)23-13-5-7-14(8-6-13)25(2)3/h4-10H,11H2,1-3H3,(H,23,27)(H,24,29). The van der Waals surface area contributed by atoms with Gasteiger partial charge in [0, 0.05) is 41.1 Å². The molecular weight excluding hydrogens is 415 g/mol. The number of benzene rings is 2. The van der Waals surface area contributed by atoms with Crippen LogP contribution in [0.25, 0.3) is 0 Å². The highest BCUT2D eigenvalue weighted by molar-refractivity contribution is 6.35. The van der Waals surface area contributed by atoms with Crippen LogP contribution in [0, 0.1) is 0 Å². The summed E-state index contributed by atoms with van der Waals surface area (Å²) in [4.78, 5) is 40.5. The minimum Gasteiger partial charge on any atom is -0.378 e. The number of anilines is 2. The maximum absolute atomic E-state index is 12.9. The van der Waals surface area contributed by atoms with Gasteiger partial charge in [-0.15, -0.1) is 0 Å². The Morgan fingerprint density at radius 1 is 1.14 bits per heavy atom. The number of nitrogens with zero attached hydrogens (tertiary/aromatic N) is 2. The first-order chi connectivity index (χ1) is 13.6. The molecule has 1 unspecified atom stereocenters. The summed E-state index contributed by atoms with van der Waals surface area (Å²) in [6.07, 6.45) is 0. The molecule has 0 aliphatic carbocycles. The van der Waals surface area contributed by atoms with Crippen LogP contribution in [0.5, 0.6) is 0 Å². The van der Waals surface area contributed by atoms with Gasteiger partial charge in [0.2, 0.25) is 5.91 Å². The predicted octanol–water partition coefficient (Wildman–Crippen LogP) is 3.47. The molecule has 1 atom stereocenters. The summed E-state index contributed by atoms with van der Waals surface area (Å²) in [6.45, 7) is 1.13. The number of rotatable bonds is 5. The lowest BCUT2D eigenvalue weighted by Crippen LogP contribution is -2.42. The lowest BCUT2D eigenvalue weighted by atomic mass is 9.92. The molecule has 2 aromatic carbocycles. The van der Waals surface area contributed by atoms with Crippen molar-refractivity contribution >= 4 is 52.4 Å². The molecule has 1 fully saturated rings. The van der Waals surface area contributed by atoms with Gasteiger partial charge in [-0.1, -0.05) is 29.3 Å². The summed E-state index contributed by atoms with van der Waals surface area (Å²) >= 11 is 12.1. The molecule has 9 heteroatoms. The Morgan fingerprint density at radius 2 is 1.79 bits per heavy atom. The van der Waals surface area contributed by atoms with Gasteiger partial charge >= 0.3 is 6.03 Å². The molecule has 0 bridgehead atoms. The molecule has 3 rings (SSSR count). The Balaban J connectivity index is 1.73.